The Morgan fingerprint density at radius 2 is 1.60 bits per heavy atom. The van der Waals surface area contributed by atoms with Crippen molar-refractivity contribution in [3.8, 4) is 0 Å². The smallest absolute Gasteiger partial charge is 0.330 e. The van der Waals surface area contributed by atoms with Crippen LogP contribution in [0.25, 0.3) is 0 Å². The third-order valence-corrected chi connectivity index (χ3v) is 0.365. The molecule has 0 fully saturated rings. The number of aliphatic carboxylic acids is 1. The molecule has 60 valence electrons. The van der Waals surface area contributed by atoms with Gasteiger partial charge in [0.2, 0.25) is 0 Å². The van der Waals surface area contributed by atoms with E-state index in [1.807, 2.05) is 0 Å². The van der Waals surface area contributed by atoms with Crippen LogP contribution in [0.5, 0.6) is 0 Å². The van der Waals surface area contributed by atoms with E-state index in [0.717, 1.165) is 0 Å². The number of carboxylic acid groups (broad SMARTS) is 1. The fraction of sp³-hybridized carbons (Fsp3) is 0.500. The molecule has 0 spiro atoms. The Balaban J connectivity index is 0. The number of hydrogen-bond donors (Lipinski definition) is 1. The summed E-state index contributed by atoms with van der Waals surface area (Å²) in [5.74, 6) is -0.935. The molecule has 0 heterocycles. The summed E-state index contributed by atoms with van der Waals surface area (Å²) < 4.78 is 9.56. The van der Waals surface area contributed by atoms with Crippen molar-refractivity contribution in [3.63, 3.8) is 0 Å². The quantitative estimate of drug-likeness (QED) is 0.579. The van der Waals surface area contributed by atoms with Gasteiger partial charge in [-0.15, -0.1) is 0 Å². The van der Waals surface area contributed by atoms with Crippen LogP contribution in [0.1, 0.15) is 6.92 Å². The molecule has 0 bridgehead atoms. The van der Waals surface area contributed by atoms with Crippen molar-refractivity contribution in [1.29, 1.82) is 0 Å². The fourth-order valence-electron chi connectivity index (χ4n) is 0. The minimum absolute atomic E-state index is 0.176. The summed E-state index contributed by atoms with van der Waals surface area (Å²) in [6, 6.07) is 0. The van der Waals surface area contributed by atoms with Gasteiger partial charge in [-0.05, 0) is 6.92 Å². The van der Waals surface area contributed by atoms with Gasteiger partial charge in [-0.25, -0.2) is 4.79 Å². The van der Waals surface area contributed by atoms with Crippen LogP contribution in [0.4, 0.5) is 0 Å². The van der Waals surface area contributed by atoms with Gasteiger partial charge in [0.25, 0.3) is 0 Å². The van der Waals surface area contributed by atoms with Crippen molar-refractivity contribution in [2.24, 2.45) is 0 Å². The van der Waals surface area contributed by atoms with Crippen LogP contribution >= 0.6 is 0 Å². The lowest BCUT2D eigenvalue weighted by Crippen LogP contribution is -1.92. The zero-order valence-electron chi connectivity index (χ0n) is 6.38. The van der Waals surface area contributed by atoms with E-state index in [9.17, 15) is 9.00 Å². The molecule has 0 aromatic carbocycles. The van der Waals surface area contributed by atoms with Crippen molar-refractivity contribution in [2.45, 2.75) is 6.92 Å². The van der Waals surface area contributed by atoms with Gasteiger partial charge in [0.1, 0.15) is 0 Å². The highest BCUT2D eigenvalue weighted by Gasteiger charge is 1.90. The Morgan fingerprint density at radius 1 is 1.50 bits per heavy atom. The maximum absolute atomic E-state index is 9.60. The highest BCUT2D eigenvalue weighted by Crippen LogP contribution is 1.81. The summed E-state index contributed by atoms with van der Waals surface area (Å²) in [5.41, 5.74) is 0.176. The molecular formula is C6H12O3S. The van der Waals surface area contributed by atoms with E-state index in [4.69, 9.17) is 5.11 Å². The van der Waals surface area contributed by atoms with Crippen LogP contribution in [-0.2, 0) is 15.6 Å². The molecule has 0 aromatic heterocycles. The first-order valence-electron chi connectivity index (χ1n) is 2.51. The SMILES string of the molecule is C=C(C)C(=O)O.CS(C)=O. The van der Waals surface area contributed by atoms with Gasteiger partial charge in [-0.3, -0.25) is 4.21 Å². The van der Waals surface area contributed by atoms with Gasteiger partial charge in [-0.1, -0.05) is 6.58 Å². The molecule has 4 heteroatoms. The summed E-state index contributed by atoms with van der Waals surface area (Å²) in [6.45, 7) is 4.60. The molecular weight excluding hydrogens is 152 g/mol. The maximum Gasteiger partial charge on any atom is 0.330 e. The van der Waals surface area contributed by atoms with E-state index >= 15 is 0 Å². The number of carbonyl (C=O) groups is 1. The molecule has 0 unspecified atom stereocenters. The predicted octanol–water partition coefficient (Wildman–Crippen LogP) is 0.642. The second kappa shape index (κ2) is 6.48. The third-order valence-electron chi connectivity index (χ3n) is 0.365. The molecule has 1 N–H and O–H groups in total. The van der Waals surface area contributed by atoms with Crippen LogP contribution in [0.2, 0.25) is 0 Å². The second-order valence-electron chi connectivity index (χ2n) is 1.83. The normalized spacial score (nSPS) is 8.00. The Bertz CT molecular complexity index is 135. The highest BCUT2D eigenvalue weighted by molar-refractivity contribution is 7.83. The molecule has 0 aliphatic rings. The average Bonchev–Trinajstić information content (AvgIpc) is 1.63. The van der Waals surface area contributed by atoms with Crippen molar-refractivity contribution in [2.75, 3.05) is 12.5 Å². The molecule has 0 rings (SSSR count). The maximum atomic E-state index is 9.60. The summed E-state index contributed by atoms with van der Waals surface area (Å²) in [4.78, 5) is 9.60. The van der Waals surface area contributed by atoms with Gasteiger partial charge in [0, 0.05) is 28.9 Å². The second-order valence-corrected chi connectivity index (χ2v) is 3.31. The number of rotatable bonds is 1. The third kappa shape index (κ3) is 26.4. The summed E-state index contributed by atoms with van der Waals surface area (Å²) >= 11 is 0. The average molecular weight is 164 g/mol. The highest BCUT2D eigenvalue weighted by atomic mass is 32.2. The van der Waals surface area contributed by atoms with Crippen LogP contribution < -0.4 is 0 Å². The van der Waals surface area contributed by atoms with Crippen molar-refractivity contribution in [1.82, 2.24) is 0 Å². The van der Waals surface area contributed by atoms with Gasteiger partial charge in [-0.2, -0.15) is 0 Å². The van der Waals surface area contributed by atoms with E-state index in [-0.39, 0.29) is 5.57 Å². The minimum atomic E-state index is -0.935. The molecule has 0 radical (unpaired) electrons. The van der Waals surface area contributed by atoms with E-state index < -0.39 is 16.8 Å². The Morgan fingerprint density at radius 3 is 1.60 bits per heavy atom. The summed E-state index contributed by atoms with van der Waals surface area (Å²) in [6.07, 6.45) is 3.28. The summed E-state index contributed by atoms with van der Waals surface area (Å²) in [5, 5.41) is 7.89. The number of carboxylic acids is 1. The molecule has 10 heavy (non-hydrogen) atoms. The Hall–Kier alpha value is -0.640. The zero-order valence-corrected chi connectivity index (χ0v) is 7.20. The van der Waals surface area contributed by atoms with Crippen molar-refractivity contribution in [3.05, 3.63) is 12.2 Å². The topological polar surface area (TPSA) is 54.4 Å². The lowest BCUT2D eigenvalue weighted by molar-refractivity contribution is -0.132. The van der Waals surface area contributed by atoms with E-state index in [1.165, 1.54) is 6.92 Å². The standard InChI is InChI=1S/C4H6O2.C2H6OS/c1-3(2)4(5)6;1-4(2)3/h1H2,2H3,(H,5,6);1-2H3. The molecule has 0 aromatic rings. The van der Waals surface area contributed by atoms with Crippen molar-refractivity contribution >= 4 is 16.8 Å². The lowest BCUT2D eigenvalue weighted by Gasteiger charge is -1.79. The molecule has 0 amide bonds. The van der Waals surface area contributed by atoms with Crippen LogP contribution in [0.3, 0.4) is 0 Å². The van der Waals surface area contributed by atoms with Crippen LogP contribution in [0.15, 0.2) is 12.2 Å². The first-order chi connectivity index (χ1) is 4.37. The van der Waals surface area contributed by atoms with Gasteiger partial charge < -0.3 is 5.11 Å². The van der Waals surface area contributed by atoms with E-state index in [0.29, 0.717) is 0 Å². The lowest BCUT2D eigenvalue weighted by atomic mass is 10.4. The van der Waals surface area contributed by atoms with Gasteiger partial charge in [0.15, 0.2) is 0 Å². The fourth-order valence-corrected chi connectivity index (χ4v) is 0. The van der Waals surface area contributed by atoms with Crippen LogP contribution in [0, 0.1) is 0 Å². The van der Waals surface area contributed by atoms with Gasteiger partial charge in [0.05, 0.1) is 0 Å². The van der Waals surface area contributed by atoms with Gasteiger partial charge >= 0.3 is 5.97 Å². The number of hydrogen-bond acceptors (Lipinski definition) is 2. The first kappa shape index (κ1) is 12.1. The molecule has 0 saturated heterocycles. The Kier molecular flexibility index (Phi) is 7.82. The first-order valence-corrected chi connectivity index (χ1v) is 4.48. The van der Waals surface area contributed by atoms with E-state index in [2.05, 4.69) is 6.58 Å². The molecule has 0 saturated carbocycles. The largest absolute Gasteiger partial charge is 0.478 e. The molecule has 0 atom stereocenters. The zero-order chi connectivity index (χ0) is 8.73. The predicted molar refractivity (Wildman–Crippen MR) is 42.4 cm³/mol. The summed E-state index contributed by atoms with van der Waals surface area (Å²) in [7, 11) is -0.611. The monoisotopic (exact) mass is 164 g/mol. The molecule has 0 aliphatic heterocycles. The molecule has 0 aliphatic carbocycles. The minimum Gasteiger partial charge on any atom is -0.478 e. The Labute approximate surface area is 63.2 Å². The molecule has 3 nitrogen and oxygen atoms in total. The van der Waals surface area contributed by atoms with Crippen molar-refractivity contribution < 1.29 is 14.1 Å². The van der Waals surface area contributed by atoms with E-state index in [1.54, 1.807) is 12.5 Å². The van der Waals surface area contributed by atoms with Crippen LogP contribution in [-0.4, -0.2) is 27.8 Å².